The highest BCUT2D eigenvalue weighted by Gasteiger charge is 2.42. The number of hydrogen-bond donors (Lipinski definition) is 0. The van der Waals surface area contributed by atoms with E-state index in [2.05, 4.69) is 15.0 Å². The van der Waals surface area contributed by atoms with Gasteiger partial charge in [-0.15, -0.1) is 0 Å². The van der Waals surface area contributed by atoms with Crippen molar-refractivity contribution in [2.45, 2.75) is 18.3 Å². The van der Waals surface area contributed by atoms with Crippen molar-refractivity contribution in [2.75, 3.05) is 7.11 Å². The number of aromatic nitrogens is 4. The van der Waals surface area contributed by atoms with Crippen molar-refractivity contribution in [1.82, 2.24) is 19.9 Å². The summed E-state index contributed by atoms with van der Waals surface area (Å²) in [6.07, 6.45) is 6.20. The third-order valence-corrected chi connectivity index (χ3v) is 5.42. The van der Waals surface area contributed by atoms with Gasteiger partial charge in [0.1, 0.15) is 0 Å². The van der Waals surface area contributed by atoms with Gasteiger partial charge in [0, 0.05) is 29.7 Å². The van der Waals surface area contributed by atoms with Crippen LogP contribution in [0, 0.1) is 5.82 Å². The second kappa shape index (κ2) is 7.63. The molecule has 4 aromatic rings. The molecule has 6 heteroatoms. The van der Waals surface area contributed by atoms with Gasteiger partial charge in [-0.2, -0.15) is 0 Å². The molecule has 0 bridgehead atoms. The highest BCUT2D eigenvalue weighted by atomic mass is 19.1. The van der Waals surface area contributed by atoms with Gasteiger partial charge in [-0.05, 0) is 42.0 Å². The number of benzene rings is 2. The van der Waals surface area contributed by atoms with Gasteiger partial charge in [-0.1, -0.05) is 36.4 Å². The minimum Gasteiger partial charge on any atom is -0.494 e. The van der Waals surface area contributed by atoms with Crippen LogP contribution in [0.4, 0.5) is 4.39 Å². The van der Waals surface area contributed by atoms with E-state index in [0.717, 1.165) is 28.8 Å². The molecule has 0 aliphatic heterocycles. The van der Waals surface area contributed by atoms with E-state index in [1.165, 1.54) is 13.2 Å². The molecule has 5 rings (SSSR count). The van der Waals surface area contributed by atoms with Crippen LogP contribution in [0.5, 0.6) is 5.75 Å². The maximum Gasteiger partial charge on any atom is 0.198 e. The average molecular weight is 398 g/mol. The van der Waals surface area contributed by atoms with Gasteiger partial charge in [0.05, 0.1) is 12.8 Å². The molecule has 2 aromatic heterocycles. The molecule has 1 saturated carbocycles. The van der Waals surface area contributed by atoms with Crippen LogP contribution in [-0.2, 0) is 0 Å². The third kappa shape index (κ3) is 3.41. The van der Waals surface area contributed by atoms with Gasteiger partial charge in [0.2, 0.25) is 0 Å². The van der Waals surface area contributed by atoms with Crippen LogP contribution in [-0.4, -0.2) is 27.0 Å². The minimum absolute atomic E-state index is 0.265. The molecule has 1 aliphatic carbocycles. The molecular weight excluding hydrogens is 379 g/mol. The Kier molecular flexibility index (Phi) is 4.67. The van der Waals surface area contributed by atoms with E-state index >= 15 is 0 Å². The molecule has 1 fully saturated rings. The van der Waals surface area contributed by atoms with Crippen LogP contribution in [0.1, 0.15) is 29.4 Å². The summed E-state index contributed by atoms with van der Waals surface area (Å²) in [4.78, 5) is 17.9. The summed E-state index contributed by atoms with van der Waals surface area (Å²) in [5.41, 5.74) is 4.05. The molecule has 30 heavy (non-hydrogen) atoms. The second-order valence-corrected chi connectivity index (χ2v) is 7.28. The highest BCUT2D eigenvalue weighted by Crippen LogP contribution is 2.56. The first-order valence-electron chi connectivity index (χ1n) is 9.78. The maximum absolute atomic E-state index is 13.8. The molecular formula is C24H19FN4O. The Bertz CT molecular complexity index is 1180. The normalized spacial score (nSPS) is 17.5. The van der Waals surface area contributed by atoms with Crippen LogP contribution in [0.3, 0.4) is 0 Å². The van der Waals surface area contributed by atoms with E-state index in [1.54, 1.807) is 24.5 Å². The smallest absolute Gasteiger partial charge is 0.198 e. The molecule has 1 aliphatic rings. The lowest BCUT2D eigenvalue weighted by atomic mass is 10.0. The zero-order chi connectivity index (χ0) is 20.5. The lowest BCUT2D eigenvalue weighted by Gasteiger charge is -2.11. The molecule has 0 amide bonds. The number of methoxy groups -OCH3 is 1. The molecule has 0 unspecified atom stereocenters. The Morgan fingerprint density at radius 3 is 2.47 bits per heavy atom. The summed E-state index contributed by atoms with van der Waals surface area (Å²) in [5, 5.41) is 0. The van der Waals surface area contributed by atoms with Gasteiger partial charge in [0.15, 0.2) is 23.2 Å². The highest BCUT2D eigenvalue weighted by molar-refractivity contribution is 5.67. The number of rotatable bonds is 5. The van der Waals surface area contributed by atoms with E-state index in [0.29, 0.717) is 11.6 Å². The fourth-order valence-electron chi connectivity index (χ4n) is 3.83. The van der Waals surface area contributed by atoms with E-state index < -0.39 is 0 Å². The Balaban J connectivity index is 1.54. The first-order chi connectivity index (χ1) is 14.7. The van der Waals surface area contributed by atoms with Crippen molar-refractivity contribution in [1.29, 1.82) is 0 Å². The molecule has 0 saturated heterocycles. The van der Waals surface area contributed by atoms with E-state index in [4.69, 9.17) is 9.72 Å². The Morgan fingerprint density at radius 2 is 1.70 bits per heavy atom. The Hall–Kier alpha value is -3.67. The van der Waals surface area contributed by atoms with Crippen molar-refractivity contribution in [3.8, 4) is 28.7 Å². The van der Waals surface area contributed by atoms with Crippen LogP contribution < -0.4 is 4.74 Å². The lowest BCUT2D eigenvalue weighted by Crippen LogP contribution is -2.00. The SMILES string of the molecule is COc1cc([C@@H]2C[C@H]2c2cnc(-c3ncccn3)nc2-c2ccccc2)ccc1F. The van der Waals surface area contributed by atoms with Gasteiger partial charge >= 0.3 is 0 Å². The summed E-state index contributed by atoms with van der Waals surface area (Å²) >= 11 is 0. The van der Waals surface area contributed by atoms with Crippen LogP contribution >= 0.6 is 0 Å². The molecule has 0 spiro atoms. The number of hydrogen-bond acceptors (Lipinski definition) is 5. The molecule has 0 radical (unpaired) electrons. The topological polar surface area (TPSA) is 60.8 Å². The van der Waals surface area contributed by atoms with Gasteiger partial charge in [0.25, 0.3) is 0 Å². The predicted molar refractivity (Wildman–Crippen MR) is 112 cm³/mol. The van der Waals surface area contributed by atoms with Crippen LogP contribution in [0.2, 0.25) is 0 Å². The fourth-order valence-corrected chi connectivity index (χ4v) is 3.83. The van der Waals surface area contributed by atoms with Gasteiger partial charge < -0.3 is 4.74 Å². The Morgan fingerprint density at radius 1 is 0.900 bits per heavy atom. The lowest BCUT2D eigenvalue weighted by molar-refractivity contribution is 0.386. The maximum atomic E-state index is 13.8. The summed E-state index contributed by atoms with van der Waals surface area (Å²) in [7, 11) is 1.48. The first-order valence-corrected chi connectivity index (χ1v) is 9.78. The fraction of sp³-hybridized carbons (Fsp3) is 0.167. The van der Waals surface area contributed by atoms with Crippen molar-refractivity contribution in [3.05, 3.63) is 90.1 Å². The zero-order valence-corrected chi connectivity index (χ0v) is 16.4. The standard InChI is InChI=1S/C24H19FN4O/c1-30-21-12-16(8-9-20(21)25)17-13-18(17)19-14-28-24(23-26-10-5-11-27-23)29-22(19)15-6-3-2-4-7-15/h2-12,14,17-18H,13H2,1H3/t17-,18+/m0/s1. The first kappa shape index (κ1) is 18.4. The molecule has 2 atom stereocenters. The van der Waals surface area contributed by atoms with E-state index in [9.17, 15) is 4.39 Å². The van der Waals surface area contributed by atoms with Crippen molar-refractivity contribution in [3.63, 3.8) is 0 Å². The number of ether oxygens (including phenoxy) is 1. The van der Waals surface area contributed by atoms with Crippen molar-refractivity contribution >= 4 is 0 Å². The van der Waals surface area contributed by atoms with Gasteiger partial charge in [-0.3, -0.25) is 0 Å². The average Bonchev–Trinajstić information content (AvgIpc) is 3.61. The quantitative estimate of drug-likeness (QED) is 0.472. The monoisotopic (exact) mass is 398 g/mol. The number of nitrogens with zero attached hydrogens (tertiary/aromatic N) is 4. The summed E-state index contributed by atoms with van der Waals surface area (Å²) < 4.78 is 19.0. The summed E-state index contributed by atoms with van der Waals surface area (Å²) in [6, 6.07) is 16.9. The van der Waals surface area contributed by atoms with E-state index in [1.807, 2.05) is 42.6 Å². The largest absolute Gasteiger partial charge is 0.494 e. The van der Waals surface area contributed by atoms with Crippen LogP contribution in [0.15, 0.2) is 73.2 Å². The molecule has 2 aromatic carbocycles. The summed E-state index contributed by atoms with van der Waals surface area (Å²) in [5.74, 6) is 1.47. The van der Waals surface area contributed by atoms with Crippen molar-refractivity contribution in [2.24, 2.45) is 0 Å². The van der Waals surface area contributed by atoms with Crippen LogP contribution in [0.25, 0.3) is 22.9 Å². The Labute approximate surface area is 173 Å². The predicted octanol–water partition coefficient (Wildman–Crippen LogP) is 5.02. The van der Waals surface area contributed by atoms with E-state index in [-0.39, 0.29) is 23.4 Å². The summed E-state index contributed by atoms with van der Waals surface area (Å²) in [6.45, 7) is 0. The van der Waals surface area contributed by atoms with Crippen molar-refractivity contribution < 1.29 is 9.13 Å². The second-order valence-electron chi connectivity index (χ2n) is 7.28. The molecule has 2 heterocycles. The molecule has 0 N–H and O–H groups in total. The molecule has 5 nitrogen and oxygen atoms in total. The zero-order valence-electron chi connectivity index (χ0n) is 16.4. The number of halogens is 1. The molecule has 148 valence electrons. The van der Waals surface area contributed by atoms with Gasteiger partial charge in [-0.25, -0.2) is 24.3 Å². The minimum atomic E-state index is -0.348. The third-order valence-electron chi connectivity index (χ3n) is 5.42.